The summed E-state index contributed by atoms with van der Waals surface area (Å²) in [6, 6.07) is 1.15. The van der Waals surface area contributed by atoms with Crippen molar-refractivity contribution >= 4 is 40.9 Å². The normalized spacial score (nSPS) is 13.9. The van der Waals surface area contributed by atoms with Crippen LogP contribution >= 0.6 is 23.2 Å². The standard InChI is InChI=1S/C12H12Cl2F3N3O3/c1-3-8(21)19-11(10(22)23-2,12(15,16)17)20-9-7(14)4-6(13)5-18-9/h4-5H,3H2,1-2H3,(H,18,20)(H,19,21)/p+1/t11-/m0/s1. The lowest BCUT2D eigenvalue weighted by molar-refractivity contribution is -0.362. The first kappa shape index (κ1) is 19.3. The number of H-pyrrole nitrogens is 1. The number of rotatable bonds is 5. The molecule has 1 atom stereocenters. The summed E-state index contributed by atoms with van der Waals surface area (Å²) in [6.07, 6.45) is -4.36. The average molecular weight is 375 g/mol. The van der Waals surface area contributed by atoms with E-state index in [0.29, 0.717) is 0 Å². The van der Waals surface area contributed by atoms with Gasteiger partial charge in [0, 0.05) is 6.42 Å². The van der Waals surface area contributed by atoms with E-state index in [9.17, 15) is 22.8 Å². The van der Waals surface area contributed by atoms with Crippen LogP contribution in [0.1, 0.15) is 13.3 Å². The molecule has 0 fully saturated rings. The maximum absolute atomic E-state index is 13.5. The van der Waals surface area contributed by atoms with Crippen LogP contribution in [0.15, 0.2) is 12.3 Å². The number of aromatic nitrogens is 1. The van der Waals surface area contributed by atoms with Gasteiger partial charge in [-0.15, -0.1) is 0 Å². The number of amides is 1. The summed E-state index contributed by atoms with van der Waals surface area (Å²) < 4.78 is 44.8. The van der Waals surface area contributed by atoms with Crippen LogP contribution in [0.2, 0.25) is 10.0 Å². The number of methoxy groups -OCH3 is 1. The molecule has 0 aliphatic carbocycles. The van der Waals surface area contributed by atoms with E-state index in [-0.39, 0.29) is 22.3 Å². The Bertz CT molecular complexity index is 613. The van der Waals surface area contributed by atoms with Gasteiger partial charge in [0.15, 0.2) is 0 Å². The van der Waals surface area contributed by atoms with E-state index in [1.807, 2.05) is 5.32 Å². The van der Waals surface area contributed by atoms with Crippen molar-refractivity contribution in [3.63, 3.8) is 0 Å². The van der Waals surface area contributed by atoms with E-state index >= 15 is 0 Å². The molecule has 0 saturated heterocycles. The van der Waals surface area contributed by atoms with Gasteiger partial charge in [-0.05, 0) is 6.07 Å². The predicted molar refractivity (Wildman–Crippen MR) is 75.9 cm³/mol. The van der Waals surface area contributed by atoms with Crippen LogP contribution in [0.5, 0.6) is 0 Å². The molecule has 0 aromatic carbocycles. The minimum Gasteiger partial charge on any atom is -0.464 e. The molecule has 3 N–H and O–H groups in total. The lowest BCUT2D eigenvalue weighted by Crippen LogP contribution is -2.69. The van der Waals surface area contributed by atoms with Gasteiger partial charge in [0.05, 0.1) is 12.1 Å². The van der Waals surface area contributed by atoms with Crippen LogP contribution in [0.25, 0.3) is 0 Å². The third kappa shape index (κ3) is 4.17. The summed E-state index contributed by atoms with van der Waals surface area (Å²) in [5.74, 6) is -3.16. The summed E-state index contributed by atoms with van der Waals surface area (Å²) in [7, 11) is 0.760. The summed E-state index contributed by atoms with van der Waals surface area (Å²) >= 11 is 11.4. The molecule has 1 aromatic rings. The number of alkyl halides is 3. The molecule has 11 heteroatoms. The highest BCUT2D eigenvalue weighted by atomic mass is 35.5. The molecule has 0 bridgehead atoms. The van der Waals surface area contributed by atoms with Crippen molar-refractivity contribution in [2.24, 2.45) is 0 Å². The van der Waals surface area contributed by atoms with Gasteiger partial charge in [-0.1, -0.05) is 30.1 Å². The van der Waals surface area contributed by atoms with Gasteiger partial charge < -0.3 is 4.74 Å². The van der Waals surface area contributed by atoms with Gasteiger partial charge in [-0.2, -0.15) is 13.2 Å². The quantitative estimate of drug-likeness (QED) is 0.611. The van der Waals surface area contributed by atoms with Crippen molar-refractivity contribution in [2.75, 3.05) is 12.4 Å². The summed E-state index contributed by atoms with van der Waals surface area (Å²) in [5, 5.41) is 3.38. The molecule has 1 rings (SSSR count). The van der Waals surface area contributed by atoms with Crippen molar-refractivity contribution in [1.82, 2.24) is 5.32 Å². The first-order valence-electron chi connectivity index (χ1n) is 6.18. The van der Waals surface area contributed by atoms with Gasteiger partial charge in [-0.3, -0.25) is 10.1 Å². The number of anilines is 1. The Balaban J connectivity index is 3.42. The van der Waals surface area contributed by atoms with Gasteiger partial charge >= 0.3 is 17.8 Å². The van der Waals surface area contributed by atoms with Crippen molar-refractivity contribution in [2.45, 2.75) is 25.2 Å². The van der Waals surface area contributed by atoms with E-state index in [2.05, 4.69) is 9.72 Å². The zero-order chi connectivity index (χ0) is 17.8. The number of pyridine rings is 1. The average Bonchev–Trinajstić information content (AvgIpc) is 2.46. The number of carbonyl (C=O) groups is 2. The van der Waals surface area contributed by atoms with E-state index < -0.39 is 23.7 Å². The Hall–Kier alpha value is -1.74. The molecule has 23 heavy (non-hydrogen) atoms. The Morgan fingerprint density at radius 3 is 2.39 bits per heavy atom. The van der Waals surface area contributed by atoms with Crippen molar-refractivity contribution in [3.8, 4) is 0 Å². The monoisotopic (exact) mass is 374 g/mol. The first-order valence-corrected chi connectivity index (χ1v) is 6.94. The molecule has 1 heterocycles. The van der Waals surface area contributed by atoms with Crippen LogP contribution in [0.3, 0.4) is 0 Å². The zero-order valence-corrected chi connectivity index (χ0v) is 13.5. The Kier molecular flexibility index (Phi) is 6.06. The summed E-state index contributed by atoms with van der Waals surface area (Å²) in [6.45, 7) is 1.33. The molecule has 0 aliphatic heterocycles. The van der Waals surface area contributed by atoms with Crippen molar-refractivity contribution in [1.29, 1.82) is 0 Å². The molecule has 6 nitrogen and oxygen atoms in total. The van der Waals surface area contributed by atoms with Crippen molar-refractivity contribution < 1.29 is 32.5 Å². The fourth-order valence-electron chi connectivity index (χ4n) is 1.57. The second-order valence-electron chi connectivity index (χ2n) is 4.31. The molecule has 0 saturated carbocycles. The third-order valence-electron chi connectivity index (χ3n) is 2.74. The fourth-order valence-corrected chi connectivity index (χ4v) is 2.01. The Labute approximate surface area is 139 Å². The minimum absolute atomic E-state index is 0.133. The highest BCUT2D eigenvalue weighted by Crippen LogP contribution is 2.34. The minimum atomic E-state index is -5.22. The molecule has 0 aliphatic rings. The maximum Gasteiger partial charge on any atom is 0.464 e. The summed E-state index contributed by atoms with van der Waals surface area (Å²) in [4.78, 5) is 25.7. The number of nitrogens with one attached hydrogen (secondary N) is 3. The number of carbonyl (C=O) groups excluding carboxylic acids is 2. The lowest BCUT2D eigenvalue weighted by atomic mass is 10.1. The van der Waals surface area contributed by atoms with E-state index in [1.165, 1.54) is 6.92 Å². The molecular weight excluding hydrogens is 362 g/mol. The number of ether oxygens (including phenoxy) is 1. The Morgan fingerprint density at radius 1 is 1.35 bits per heavy atom. The molecule has 0 unspecified atom stereocenters. The number of halogens is 5. The van der Waals surface area contributed by atoms with Gasteiger partial charge in [0.2, 0.25) is 5.91 Å². The van der Waals surface area contributed by atoms with E-state index in [4.69, 9.17) is 23.2 Å². The largest absolute Gasteiger partial charge is 0.464 e. The topological polar surface area (TPSA) is 81.6 Å². The molecule has 0 radical (unpaired) electrons. The second kappa shape index (κ2) is 7.22. The second-order valence-corrected chi connectivity index (χ2v) is 5.15. The van der Waals surface area contributed by atoms with Crippen LogP contribution in [0, 0.1) is 0 Å². The fraction of sp³-hybridized carbons (Fsp3) is 0.417. The number of esters is 1. The number of hydrogen-bond acceptors (Lipinski definition) is 4. The number of aromatic amines is 1. The summed E-state index contributed by atoms with van der Waals surface area (Å²) in [5.41, 5.74) is -3.51. The highest BCUT2D eigenvalue weighted by Gasteiger charge is 2.67. The zero-order valence-electron chi connectivity index (χ0n) is 12.0. The van der Waals surface area contributed by atoms with Crippen LogP contribution in [-0.2, 0) is 14.3 Å². The van der Waals surface area contributed by atoms with Crippen LogP contribution < -0.4 is 15.6 Å². The molecule has 1 amide bonds. The maximum atomic E-state index is 13.5. The lowest BCUT2D eigenvalue weighted by Gasteiger charge is -2.30. The van der Waals surface area contributed by atoms with E-state index in [1.54, 1.807) is 5.32 Å². The third-order valence-corrected chi connectivity index (χ3v) is 3.25. The molecular formula is C12H13Cl2F3N3O3+. The van der Waals surface area contributed by atoms with Crippen LogP contribution in [0.4, 0.5) is 19.0 Å². The van der Waals surface area contributed by atoms with Gasteiger partial charge in [0.25, 0.3) is 5.82 Å². The molecule has 0 spiro atoms. The smallest absolute Gasteiger partial charge is 0.464 e. The van der Waals surface area contributed by atoms with Gasteiger partial charge in [0.1, 0.15) is 11.2 Å². The highest BCUT2D eigenvalue weighted by molar-refractivity contribution is 6.35. The Morgan fingerprint density at radius 2 is 1.96 bits per heavy atom. The molecule has 128 valence electrons. The van der Waals surface area contributed by atoms with E-state index in [0.717, 1.165) is 19.4 Å². The number of hydrogen-bond donors (Lipinski definition) is 2. The van der Waals surface area contributed by atoms with Crippen LogP contribution in [-0.4, -0.2) is 30.8 Å². The SMILES string of the molecule is CCC(=O)N[C@](Nc1[nH+]cc(Cl)cc1Cl)(C(=O)OC)C(F)(F)F. The van der Waals surface area contributed by atoms with Crippen molar-refractivity contribution in [3.05, 3.63) is 22.3 Å². The van der Waals surface area contributed by atoms with Gasteiger partial charge in [-0.25, -0.2) is 15.1 Å². The molecule has 1 aromatic heterocycles. The predicted octanol–water partition coefficient (Wildman–Crippen LogP) is 2.18. The first-order chi connectivity index (χ1) is 10.6.